The number of rotatable bonds is 5. The Morgan fingerprint density at radius 2 is 2.31 bits per heavy atom. The molecule has 0 aromatic carbocycles. The van der Waals surface area contributed by atoms with Crippen molar-refractivity contribution in [2.24, 2.45) is 5.11 Å². The summed E-state index contributed by atoms with van der Waals surface area (Å²) in [5.74, 6) is 0.520. The van der Waals surface area contributed by atoms with E-state index in [4.69, 9.17) is 21.9 Å². The second kappa shape index (κ2) is 6.22. The summed E-state index contributed by atoms with van der Waals surface area (Å²) in [6, 6.07) is 0.344. The summed E-state index contributed by atoms with van der Waals surface area (Å²) in [6.45, 7) is 1.31. The quantitative estimate of drug-likeness (QED) is 0.306. The number of halogens is 1. The number of hydrogen-bond acceptors (Lipinski definition) is 8. The Morgan fingerprint density at radius 1 is 1.54 bits per heavy atom. The fourth-order valence-corrected chi connectivity index (χ4v) is 3.18. The van der Waals surface area contributed by atoms with Crippen molar-refractivity contribution in [3.8, 4) is 0 Å². The molecule has 0 bridgehead atoms. The van der Waals surface area contributed by atoms with Gasteiger partial charge in [0.1, 0.15) is 11.7 Å². The van der Waals surface area contributed by atoms with Crippen LogP contribution in [0.25, 0.3) is 21.6 Å². The van der Waals surface area contributed by atoms with E-state index in [1.807, 2.05) is 0 Å². The van der Waals surface area contributed by atoms with Gasteiger partial charge in [0.25, 0.3) is 0 Å². The first-order valence-electron chi connectivity index (χ1n) is 8.15. The number of nitrogens with one attached hydrogen (secondary N) is 1. The maximum absolute atomic E-state index is 10.6. The summed E-state index contributed by atoms with van der Waals surface area (Å²) < 4.78 is 7.25. The second-order valence-electron chi connectivity index (χ2n) is 6.68. The molecule has 1 saturated heterocycles. The zero-order chi connectivity index (χ0) is 18.5. The predicted molar refractivity (Wildman–Crippen MR) is 91.5 cm³/mol. The van der Waals surface area contributed by atoms with Crippen LogP contribution in [0.3, 0.4) is 0 Å². The number of hydrogen-bond donors (Lipinski definition) is 3. The van der Waals surface area contributed by atoms with Gasteiger partial charge in [-0.1, -0.05) is 5.11 Å². The minimum Gasteiger partial charge on any atom is -0.385 e. The van der Waals surface area contributed by atoms with E-state index in [0.717, 1.165) is 12.8 Å². The smallest absolute Gasteiger partial charge is 0.226 e. The van der Waals surface area contributed by atoms with E-state index < -0.39 is 24.0 Å². The SMILES string of the molecule is C[C@]1(O)[C@@H](CN=[N+]=[N-])O[C@@H](n2cnc3c(NC4CC4)nc(Cl)nc32)[C@@H]1O. The van der Waals surface area contributed by atoms with Gasteiger partial charge in [0.2, 0.25) is 5.28 Å². The fourth-order valence-electron chi connectivity index (χ4n) is 3.01. The number of anilines is 1. The number of nitrogens with zero attached hydrogens (tertiary/aromatic N) is 7. The Morgan fingerprint density at radius 3 is 3.00 bits per heavy atom. The van der Waals surface area contributed by atoms with Crippen LogP contribution in [0.1, 0.15) is 26.0 Å². The molecule has 0 unspecified atom stereocenters. The lowest BCUT2D eigenvalue weighted by atomic mass is 9.94. The minimum atomic E-state index is -1.61. The van der Waals surface area contributed by atoms with Crippen molar-refractivity contribution in [1.82, 2.24) is 19.5 Å². The number of aliphatic hydroxyl groups is 2. The van der Waals surface area contributed by atoms with E-state index in [9.17, 15) is 10.2 Å². The lowest BCUT2D eigenvalue weighted by molar-refractivity contribution is -0.0600. The Hall–Kier alpha value is -2.17. The molecule has 2 fully saturated rings. The summed E-state index contributed by atoms with van der Waals surface area (Å²) in [6.07, 6.45) is 0.433. The van der Waals surface area contributed by atoms with Crippen LogP contribution in [-0.4, -0.2) is 60.1 Å². The highest BCUT2D eigenvalue weighted by Crippen LogP contribution is 2.39. The molecule has 3 N–H and O–H groups in total. The third-order valence-corrected chi connectivity index (χ3v) is 4.89. The Kier molecular flexibility index (Phi) is 4.13. The van der Waals surface area contributed by atoms with Crippen molar-refractivity contribution in [3.63, 3.8) is 0 Å². The highest BCUT2D eigenvalue weighted by molar-refractivity contribution is 6.28. The van der Waals surface area contributed by atoms with Gasteiger partial charge in [-0.2, -0.15) is 9.97 Å². The monoisotopic (exact) mass is 380 g/mol. The van der Waals surface area contributed by atoms with Crippen molar-refractivity contribution in [3.05, 3.63) is 22.1 Å². The first-order valence-corrected chi connectivity index (χ1v) is 8.53. The molecule has 2 aromatic rings. The van der Waals surface area contributed by atoms with E-state index in [1.54, 1.807) is 0 Å². The number of aliphatic hydroxyl groups excluding tert-OH is 1. The molecule has 4 rings (SSSR count). The van der Waals surface area contributed by atoms with Gasteiger partial charge in [0.15, 0.2) is 23.2 Å². The van der Waals surface area contributed by atoms with Crippen molar-refractivity contribution in [2.45, 2.75) is 49.8 Å². The first kappa shape index (κ1) is 17.3. The molecule has 2 aliphatic rings. The molecular weight excluding hydrogens is 364 g/mol. The van der Waals surface area contributed by atoms with Gasteiger partial charge >= 0.3 is 0 Å². The largest absolute Gasteiger partial charge is 0.385 e. The highest BCUT2D eigenvalue weighted by Gasteiger charge is 2.52. The zero-order valence-electron chi connectivity index (χ0n) is 13.8. The zero-order valence-corrected chi connectivity index (χ0v) is 14.6. The number of ether oxygens (including phenoxy) is 1. The van der Waals surface area contributed by atoms with Crippen LogP contribution in [0.5, 0.6) is 0 Å². The molecule has 1 saturated carbocycles. The molecule has 1 aliphatic carbocycles. The highest BCUT2D eigenvalue weighted by atomic mass is 35.5. The third-order valence-electron chi connectivity index (χ3n) is 4.72. The molecule has 2 aromatic heterocycles. The lowest BCUT2D eigenvalue weighted by Crippen LogP contribution is -2.45. The Labute approximate surface area is 152 Å². The van der Waals surface area contributed by atoms with Crippen molar-refractivity contribution >= 4 is 28.6 Å². The van der Waals surface area contributed by atoms with Crippen LogP contribution in [0.2, 0.25) is 5.28 Å². The van der Waals surface area contributed by atoms with Gasteiger partial charge in [-0.05, 0) is 36.9 Å². The topological polar surface area (TPSA) is 154 Å². The van der Waals surface area contributed by atoms with Crippen molar-refractivity contribution in [2.75, 3.05) is 11.9 Å². The molecule has 0 radical (unpaired) electrons. The molecular formula is C14H17ClN8O3. The van der Waals surface area contributed by atoms with Crippen LogP contribution >= 0.6 is 11.6 Å². The van der Waals surface area contributed by atoms with E-state index in [0.29, 0.717) is 23.0 Å². The normalized spacial score (nSPS) is 31.2. The van der Waals surface area contributed by atoms with Gasteiger partial charge in [0.05, 0.1) is 19.0 Å². The van der Waals surface area contributed by atoms with Crippen LogP contribution in [0.4, 0.5) is 5.82 Å². The fraction of sp³-hybridized carbons (Fsp3) is 0.643. The summed E-state index contributed by atoms with van der Waals surface area (Å²) >= 11 is 6.04. The number of fused-ring (bicyclic) bond motifs is 1. The molecule has 26 heavy (non-hydrogen) atoms. The first-order chi connectivity index (χ1) is 12.4. The van der Waals surface area contributed by atoms with Gasteiger partial charge < -0.3 is 20.3 Å². The van der Waals surface area contributed by atoms with Crippen LogP contribution in [0, 0.1) is 0 Å². The minimum absolute atomic E-state index is 0.0345. The lowest BCUT2D eigenvalue weighted by Gasteiger charge is -2.25. The molecule has 12 heteroatoms. The Balaban J connectivity index is 1.72. The maximum atomic E-state index is 10.6. The average molecular weight is 381 g/mol. The van der Waals surface area contributed by atoms with Gasteiger partial charge in [-0.25, -0.2) is 4.98 Å². The van der Waals surface area contributed by atoms with Gasteiger partial charge in [-0.15, -0.1) is 0 Å². The second-order valence-corrected chi connectivity index (χ2v) is 7.02. The predicted octanol–water partition coefficient (Wildman–Crippen LogP) is 1.37. The van der Waals surface area contributed by atoms with Crippen LogP contribution in [-0.2, 0) is 4.74 Å². The van der Waals surface area contributed by atoms with Crippen LogP contribution < -0.4 is 5.32 Å². The summed E-state index contributed by atoms with van der Waals surface area (Å²) in [5, 5.41) is 27.8. The molecule has 0 amide bonds. The van der Waals surface area contributed by atoms with Gasteiger partial charge in [0, 0.05) is 11.0 Å². The number of azide groups is 1. The molecule has 0 spiro atoms. The van der Waals surface area contributed by atoms with Gasteiger partial charge in [-0.3, -0.25) is 4.57 Å². The van der Waals surface area contributed by atoms with Crippen molar-refractivity contribution < 1.29 is 14.9 Å². The maximum Gasteiger partial charge on any atom is 0.226 e. The van der Waals surface area contributed by atoms with E-state index in [1.165, 1.54) is 17.8 Å². The van der Waals surface area contributed by atoms with E-state index >= 15 is 0 Å². The summed E-state index contributed by atoms with van der Waals surface area (Å²) in [5.41, 5.74) is 7.76. The summed E-state index contributed by atoms with van der Waals surface area (Å²) in [4.78, 5) is 15.4. The summed E-state index contributed by atoms with van der Waals surface area (Å²) in [7, 11) is 0. The molecule has 4 atom stereocenters. The Bertz CT molecular complexity index is 892. The average Bonchev–Trinajstić information content (AvgIpc) is 3.26. The molecule has 11 nitrogen and oxygen atoms in total. The number of imidazole rings is 1. The molecule has 3 heterocycles. The third kappa shape index (κ3) is 2.83. The molecule has 1 aliphatic heterocycles. The van der Waals surface area contributed by atoms with Crippen molar-refractivity contribution in [1.29, 1.82) is 0 Å². The van der Waals surface area contributed by atoms with Crippen LogP contribution in [0.15, 0.2) is 11.4 Å². The number of aromatic nitrogens is 4. The van der Waals surface area contributed by atoms with E-state index in [-0.39, 0.29) is 11.8 Å². The molecule has 138 valence electrons. The van der Waals surface area contributed by atoms with E-state index in [2.05, 4.69) is 30.3 Å². The standard InChI is InChI=1S/C14H17ClN8O3/c1-14(25)7(4-18-22-16)26-12(9(14)24)23-5-17-8-10(19-6-2-3-6)20-13(15)21-11(8)23/h5-7,9,12,24-25H,2-4H2,1H3,(H,19,20,21)/t7-,9+,12-,14+/m1/s1.